The number of carbonyl (C=O) groups excluding carboxylic acids is 1. The highest BCUT2D eigenvalue weighted by Crippen LogP contribution is 2.35. The van der Waals surface area contributed by atoms with Gasteiger partial charge in [-0.25, -0.2) is 9.78 Å². The van der Waals surface area contributed by atoms with Crippen LogP contribution in [0.1, 0.15) is 29.4 Å². The summed E-state index contributed by atoms with van der Waals surface area (Å²) < 4.78 is 4.62. The van der Waals surface area contributed by atoms with Gasteiger partial charge in [-0.1, -0.05) is 6.92 Å². The fourth-order valence-corrected chi connectivity index (χ4v) is 3.02. The first-order chi connectivity index (χ1) is 11.2. The van der Waals surface area contributed by atoms with Gasteiger partial charge in [0.15, 0.2) is 0 Å². The monoisotopic (exact) mass is 337 g/mol. The van der Waals surface area contributed by atoms with E-state index in [0.717, 1.165) is 7.11 Å². The van der Waals surface area contributed by atoms with Crippen LogP contribution in [0.25, 0.3) is 0 Å². The van der Waals surface area contributed by atoms with Gasteiger partial charge in [0.25, 0.3) is 0 Å². The van der Waals surface area contributed by atoms with Crippen LogP contribution in [0.2, 0.25) is 0 Å². The Kier molecular flexibility index (Phi) is 5.01. The number of nitrogens with zero attached hydrogens (tertiary/aromatic N) is 3. The number of carboxylic acid groups (broad SMARTS) is 1. The van der Waals surface area contributed by atoms with Crippen molar-refractivity contribution < 1.29 is 24.4 Å². The van der Waals surface area contributed by atoms with Crippen LogP contribution >= 0.6 is 0 Å². The molecule has 0 aromatic carbocycles. The maximum absolute atomic E-state index is 11.9. The van der Waals surface area contributed by atoms with Crippen LogP contribution in [0.3, 0.4) is 0 Å². The molecule has 1 aliphatic rings. The summed E-state index contributed by atoms with van der Waals surface area (Å²) in [7, 11) is 1.14. The molecular formula is C15H19N3O6. The van der Waals surface area contributed by atoms with E-state index in [4.69, 9.17) is 0 Å². The summed E-state index contributed by atoms with van der Waals surface area (Å²) >= 11 is 0. The van der Waals surface area contributed by atoms with E-state index in [0.29, 0.717) is 18.7 Å². The predicted octanol–water partition coefficient (Wildman–Crippen LogP) is 1.63. The molecule has 2 heterocycles. The molecule has 2 atom stereocenters. The van der Waals surface area contributed by atoms with Gasteiger partial charge >= 0.3 is 17.6 Å². The highest BCUT2D eigenvalue weighted by molar-refractivity contribution is 5.96. The van der Waals surface area contributed by atoms with Gasteiger partial charge in [-0.05, 0) is 25.3 Å². The summed E-state index contributed by atoms with van der Waals surface area (Å²) in [5.41, 5.74) is -0.220. The minimum absolute atomic E-state index is 0.0122. The minimum Gasteiger partial charge on any atom is -0.481 e. The summed E-state index contributed by atoms with van der Waals surface area (Å²) in [4.78, 5) is 39.9. The number of rotatable bonds is 4. The van der Waals surface area contributed by atoms with Crippen molar-refractivity contribution in [2.75, 3.05) is 25.1 Å². The Morgan fingerprint density at radius 3 is 2.67 bits per heavy atom. The maximum atomic E-state index is 11.9. The normalized spacial score (nSPS) is 20.5. The number of piperidine rings is 1. The van der Waals surface area contributed by atoms with E-state index in [1.807, 2.05) is 6.92 Å². The molecule has 130 valence electrons. The zero-order chi connectivity index (χ0) is 18.0. The van der Waals surface area contributed by atoms with E-state index < -0.39 is 28.5 Å². The Hall–Kier alpha value is -2.71. The number of ether oxygens (including phenoxy) is 1. The number of carbonyl (C=O) groups is 2. The third-order valence-electron chi connectivity index (χ3n) is 4.00. The van der Waals surface area contributed by atoms with Crippen molar-refractivity contribution in [2.24, 2.45) is 11.8 Å². The van der Waals surface area contributed by atoms with Crippen molar-refractivity contribution in [2.45, 2.75) is 20.3 Å². The summed E-state index contributed by atoms with van der Waals surface area (Å²) in [5, 5.41) is 20.8. The van der Waals surface area contributed by atoms with Crippen molar-refractivity contribution in [3.05, 3.63) is 27.4 Å². The molecule has 1 fully saturated rings. The molecule has 2 rings (SSSR count). The Balaban J connectivity index is 2.56. The molecule has 0 spiro atoms. The third kappa shape index (κ3) is 3.44. The van der Waals surface area contributed by atoms with Gasteiger partial charge in [0.2, 0.25) is 5.82 Å². The van der Waals surface area contributed by atoms with Crippen molar-refractivity contribution in [3.8, 4) is 0 Å². The number of aliphatic carboxylic acids is 1. The quantitative estimate of drug-likeness (QED) is 0.499. The molecule has 0 amide bonds. The molecule has 0 bridgehead atoms. The number of aromatic nitrogens is 1. The number of hydrogen-bond donors (Lipinski definition) is 1. The molecule has 0 saturated carbocycles. The lowest BCUT2D eigenvalue weighted by Gasteiger charge is -2.35. The molecule has 1 saturated heterocycles. The molecule has 0 radical (unpaired) electrons. The van der Waals surface area contributed by atoms with Gasteiger partial charge in [-0.3, -0.25) is 14.9 Å². The largest absolute Gasteiger partial charge is 0.481 e. The fourth-order valence-electron chi connectivity index (χ4n) is 3.02. The summed E-state index contributed by atoms with van der Waals surface area (Å²) in [6.45, 7) is 4.03. The van der Waals surface area contributed by atoms with Gasteiger partial charge in [-0.15, -0.1) is 0 Å². The zero-order valence-electron chi connectivity index (χ0n) is 13.7. The lowest BCUT2D eigenvalue weighted by Crippen LogP contribution is -2.43. The first-order valence-electron chi connectivity index (χ1n) is 7.46. The summed E-state index contributed by atoms with van der Waals surface area (Å²) in [5.74, 6) is -2.37. The van der Waals surface area contributed by atoms with E-state index in [1.54, 1.807) is 11.8 Å². The second kappa shape index (κ2) is 6.81. The number of nitro groups is 1. The molecule has 9 nitrogen and oxygen atoms in total. The second-order valence-electron chi connectivity index (χ2n) is 6.01. The SMILES string of the molecule is COC(=O)c1cc(C)nc(N2CC(C)CC(C(=O)O)C2)c1[N+](=O)[O-]. The molecule has 2 unspecified atom stereocenters. The second-order valence-corrected chi connectivity index (χ2v) is 6.01. The van der Waals surface area contributed by atoms with E-state index >= 15 is 0 Å². The Bertz CT molecular complexity index is 690. The lowest BCUT2D eigenvalue weighted by molar-refractivity contribution is -0.384. The van der Waals surface area contributed by atoms with Crippen LogP contribution < -0.4 is 4.90 Å². The van der Waals surface area contributed by atoms with Gasteiger partial charge < -0.3 is 14.7 Å². The minimum atomic E-state index is -0.949. The van der Waals surface area contributed by atoms with Crippen LogP contribution in [-0.2, 0) is 9.53 Å². The van der Waals surface area contributed by atoms with Crippen molar-refractivity contribution in [1.82, 2.24) is 4.98 Å². The van der Waals surface area contributed by atoms with E-state index in [-0.39, 0.29) is 23.8 Å². The molecular weight excluding hydrogens is 318 g/mol. The van der Waals surface area contributed by atoms with Crippen molar-refractivity contribution >= 4 is 23.4 Å². The molecule has 0 aliphatic carbocycles. The third-order valence-corrected chi connectivity index (χ3v) is 4.00. The number of pyridine rings is 1. The summed E-state index contributed by atoms with van der Waals surface area (Å²) in [6.07, 6.45) is 0.495. The molecule has 1 aromatic rings. The van der Waals surface area contributed by atoms with Gasteiger partial charge in [0.1, 0.15) is 5.56 Å². The Labute approximate surface area is 138 Å². The topological polar surface area (TPSA) is 123 Å². The van der Waals surface area contributed by atoms with Crippen molar-refractivity contribution in [1.29, 1.82) is 0 Å². The van der Waals surface area contributed by atoms with Gasteiger partial charge in [0.05, 0.1) is 18.0 Å². The molecule has 24 heavy (non-hydrogen) atoms. The van der Waals surface area contributed by atoms with Crippen molar-refractivity contribution in [3.63, 3.8) is 0 Å². The fraction of sp³-hybridized carbons (Fsp3) is 0.533. The predicted molar refractivity (Wildman–Crippen MR) is 84.1 cm³/mol. The highest BCUT2D eigenvalue weighted by atomic mass is 16.6. The van der Waals surface area contributed by atoms with Gasteiger partial charge in [0, 0.05) is 18.8 Å². The molecule has 1 aromatic heterocycles. The molecule has 1 aliphatic heterocycles. The smallest absolute Gasteiger partial charge is 0.345 e. The number of carboxylic acids is 1. The van der Waals surface area contributed by atoms with Crippen LogP contribution in [0.15, 0.2) is 6.07 Å². The Morgan fingerprint density at radius 2 is 2.12 bits per heavy atom. The number of hydrogen-bond acceptors (Lipinski definition) is 7. The first kappa shape index (κ1) is 17.6. The average Bonchev–Trinajstić information content (AvgIpc) is 2.52. The van der Waals surface area contributed by atoms with E-state index in [2.05, 4.69) is 9.72 Å². The molecule has 9 heteroatoms. The standard InChI is InChI=1S/C15H19N3O6/c1-8-4-10(14(19)20)7-17(6-8)13-12(18(22)23)11(15(21)24-3)5-9(2)16-13/h5,8,10H,4,6-7H2,1-3H3,(H,19,20). The number of methoxy groups -OCH3 is 1. The number of aryl methyl sites for hydroxylation is 1. The maximum Gasteiger partial charge on any atom is 0.345 e. The van der Waals surface area contributed by atoms with Crippen LogP contribution in [0, 0.1) is 28.9 Å². The lowest BCUT2D eigenvalue weighted by atomic mass is 9.90. The van der Waals surface area contributed by atoms with Crippen LogP contribution in [-0.4, -0.2) is 47.2 Å². The number of esters is 1. The Morgan fingerprint density at radius 1 is 1.46 bits per heavy atom. The zero-order valence-corrected chi connectivity index (χ0v) is 13.7. The summed E-state index contributed by atoms with van der Waals surface area (Å²) in [6, 6.07) is 1.30. The van der Waals surface area contributed by atoms with E-state index in [1.165, 1.54) is 6.07 Å². The van der Waals surface area contributed by atoms with Crippen LogP contribution in [0.5, 0.6) is 0 Å². The van der Waals surface area contributed by atoms with Gasteiger partial charge in [-0.2, -0.15) is 0 Å². The van der Waals surface area contributed by atoms with Crippen LogP contribution in [0.4, 0.5) is 11.5 Å². The van der Waals surface area contributed by atoms with E-state index in [9.17, 15) is 24.8 Å². The average molecular weight is 337 g/mol. The first-order valence-corrected chi connectivity index (χ1v) is 7.46. The number of anilines is 1. The molecule has 1 N–H and O–H groups in total. The highest BCUT2D eigenvalue weighted by Gasteiger charge is 2.36.